The predicted molar refractivity (Wildman–Crippen MR) is 65.2 cm³/mol. The molecule has 1 aliphatic carbocycles. The summed E-state index contributed by atoms with van der Waals surface area (Å²) in [6, 6.07) is 5.99. The fraction of sp³-hybridized carbons (Fsp3) is 0.500. The third-order valence-corrected chi connectivity index (χ3v) is 4.86. The molecule has 2 atom stereocenters. The number of para-hydroxylation sites is 1. The molecule has 1 fully saturated rings. The molecule has 0 bridgehead atoms. The summed E-state index contributed by atoms with van der Waals surface area (Å²) in [5.74, 6) is 0.154. The van der Waals surface area contributed by atoms with Crippen LogP contribution in [0.15, 0.2) is 29.2 Å². The average Bonchev–Trinajstić information content (AvgIpc) is 2.64. The number of aromatic hydroxyl groups is 1. The molecule has 2 rings (SSSR count). The Balaban J connectivity index is 2.22. The molecule has 0 saturated heterocycles. The molecule has 2 unspecified atom stereocenters. The minimum absolute atomic E-state index is 0.0143. The van der Waals surface area contributed by atoms with Crippen molar-refractivity contribution >= 4 is 10.0 Å². The second-order valence-corrected chi connectivity index (χ2v) is 6.29. The predicted octanol–water partition coefficient (Wildman–Crippen LogP) is 1.86. The van der Waals surface area contributed by atoms with E-state index in [2.05, 4.69) is 4.72 Å². The minimum Gasteiger partial charge on any atom is -0.507 e. The zero-order valence-corrected chi connectivity index (χ0v) is 10.6. The maximum atomic E-state index is 12.1. The third kappa shape index (κ3) is 2.61. The lowest BCUT2D eigenvalue weighted by molar-refractivity contribution is 0.451. The summed E-state index contributed by atoms with van der Waals surface area (Å²) in [5, 5.41) is 9.57. The largest absolute Gasteiger partial charge is 0.507 e. The van der Waals surface area contributed by atoms with E-state index in [1.54, 1.807) is 12.1 Å². The van der Waals surface area contributed by atoms with Crippen molar-refractivity contribution < 1.29 is 13.5 Å². The van der Waals surface area contributed by atoms with Gasteiger partial charge in [-0.25, -0.2) is 13.1 Å². The first-order valence-corrected chi connectivity index (χ1v) is 7.29. The Labute approximate surface area is 102 Å². The Hall–Kier alpha value is -1.07. The van der Waals surface area contributed by atoms with Crippen molar-refractivity contribution in [3.05, 3.63) is 24.3 Å². The summed E-state index contributed by atoms with van der Waals surface area (Å²) >= 11 is 0. The Bertz CT molecular complexity index is 498. The van der Waals surface area contributed by atoms with E-state index in [1.165, 1.54) is 12.1 Å². The highest BCUT2D eigenvalue weighted by Crippen LogP contribution is 2.28. The lowest BCUT2D eigenvalue weighted by Gasteiger charge is -2.17. The van der Waals surface area contributed by atoms with Crippen LogP contribution in [0.25, 0.3) is 0 Å². The van der Waals surface area contributed by atoms with E-state index in [0.717, 1.165) is 19.3 Å². The van der Waals surface area contributed by atoms with Gasteiger partial charge in [-0.05, 0) is 30.9 Å². The first-order chi connectivity index (χ1) is 8.00. The molecule has 0 heterocycles. The maximum Gasteiger partial charge on any atom is 0.244 e. The average molecular weight is 255 g/mol. The summed E-state index contributed by atoms with van der Waals surface area (Å²) in [6.07, 6.45) is 2.97. The highest BCUT2D eigenvalue weighted by molar-refractivity contribution is 7.89. The molecule has 5 heteroatoms. The van der Waals surface area contributed by atoms with Gasteiger partial charge in [-0.2, -0.15) is 0 Å². The van der Waals surface area contributed by atoms with Crippen LogP contribution in [0, 0.1) is 5.92 Å². The van der Waals surface area contributed by atoms with Crippen molar-refractivity contribution in [1.82, 2.24) is 4.72 Å². The van der Waals surface area contributed by atoms with E-state index in [4.69, 9.17) is 0 Å². The first kappa shape index (κ1) is 12.4. The molecular weight excluding hydrogens is 238 g/mol. The summed E-state index contributed by atoms with van der Waals surface area (Å²) in [6.45, 7) is 2.05. The van der Waals surface area contributed by atoms with Gasteiger partial charge < -0.3 is 5.11 Å². The summed E-state index contributed by atoms with van der Waals surface area (Å²) in [7, 11) is -3.61. The second kappa shape index (κ2) is 4.66. The second-order valence-electron chi connectivity index (χ2n) is 4.60. The van der Waals surface area contributed by atoms with E-state index >= 15 is 0 Å². The minimum atomic E-state index is -3.61. The van der Waals surface area contributed by atoms with Gasteiger partial charge in [0.1, 0.15) is 10.6 Å². The van der Waals surface area contributed by atoms with E-state index in [9.17, 15) is 13.5 Å². The number of sulfonamides is 1. The van der Waals surface area contributed by atoms with Gasteiger partial charge in [-0.3, -0.25) is 0 Å². The maximum absolute atomic E-state index is 12.1. The Morgan fingerprint density at radius 3 is 2.59 bits per heavy atom. The lowest BCUT2D eigenvalue weighted by atomic mass is 10.1. The fourth-order valence-electron chi connectivity index (χ4n) is 2.27. The molecule has 0 aliphatic heterocycles. The van der Waals surface area contributed by atoms with Gasteiger partial charge in [0.05, 0.1) is 0 Å². The molecule has 0 spiro atoms. The highest BCUT2D eigenvalue weighted by Gasteiger charge is 2.29. The molecule has 1 aliphatic rings. The zero-order valence-electron chi connectivity index (χ0n) is 9.76. The van der Waals surface area contributed by atoms with Crippen molar-refractivity contribution in [1.29, 1.82) is 0 Å². The number of rotatable bonds is 3. The summed E-state index contributed by atoms with van der Waals surface area (Å²) in [4.78, 5) is -0.0425. The first-order valence-electron chi connectivity index (χ1n) is 5.81. The molecule has 1 aromatic rings. The number of phenolic OH excluding ortho intramolecular Hbond substituents is 1. The topological polar surface area (TPSA) is 66.4 Å². The van der Waals surface area contributed by atoms with Crippen LogP contribution in [0.3, 0.4) is 0 Å². The van der Waals surface area contributed by atoms with Crippen LogP contribution in [0.4, 0.5) is 0 Å². The van der Waals surface area contributed by atoms with E-state index in [1.807, 2.05) is 6.92 Å². The number of hydrogen-bond donors (Lipinski definition) is 2. The van der Waals surface area contributed by atoms with Gasteiger partial charge in [0, 0.05) is 6.04 Å². The molecule has 1 aromatic carbocycles. The van der Waals surface area contributed by atoms with Crippen molar-refractivity contribution in [2.24, 2.45) is 5.92 Å². The molecule has 94 valence electrons. The molecule has 4 nitrogen and oxygen atoms in total. The summed E-state index contributed by atoms with van der Waals surface area (Å²) in [5.41, 5.74) is 0. The van der Waals surface area contributed by atoms with Crippen LogP contribution < -0.4 is 4.72 Å². The number of nitrogens with one attached hydrogen (secondary N) is 1. The molecule has 0 radical (unpaired) electrons. The fourth-order valence-corrected chi connectivity index (χ4v) is 3.74. The molecule has 1 saturated carbocycles. The number of phenols is 1. The number of hydrogen-bond acceptors (Lipinski definition) is 3. The quantitative estimate of drug-likeness (QED) is 0.866. The van der Waals surface area contributed by atoms with Gasteiger partial charge >= 0.3 is 0 Å². The van der Waals surface area contributed by atoms with Gasteiger partial charge in [-0.15, -0.1) is 0 Å². The summed E-state index contributed by atoms with van der Waals surface area (Å²) < 4.78 is 26.8. The van der Waals surface area contributed by atoms with Crippen molar-refractivity contribution in [3.8, 4) is 5.75 Å². The number of benzene rings is 1. The van der Waals surface area contributed by atoms with Crippen LogP contribution in [0.5, 0.6) is 5.75 Å². The van der Waals surface area contributed by atoms with Gasteiger partial charge in [0.2, 0.25) is 10.0 Å². The zero-order chi connectivity index (χ0) is 12.5. The van der Waals surface area contributed by atoms with Gasteiger partial charge in [0.25, 0.3) is 0 Å². The normalized spacial score (nSPS) is 25.0. The van der Waals surface area contributed by atoms with Crippen LogP contribution >= 0.6 is 0 Å². The van der Waals surface area contributed by atoms with Gasteiger partial charge in [-0.1, -0.05) is 25.5 Å². The van der Waals surface area contributed by atoms with E-state index < -0.39 is 10.0 Å². The third-order valence-electron chi connectivity index (χ3n) is 3.32. The molecule has 0 amide bonds. The molecular formula is C12H17NO3S. The monoisotopic (exact) mass is 255 g/mol. The van der Waals surface area contributed by atoms with E-state index in [0.29, 0.717) is 5.92 Å². The lowest BCUT2D eigenvalue weighted by Crippen LogP contribution is -2.36. The molecule has 2 N–H and O–H groups in total. The molecule has 0 aromatic heterocycles. The standard InChI is InChI=1S/C12H17NO3S/c1-9-5-4-6-10(9)13-17(15,16)12-8-3-2-7-11(12)14/h2-3,7-10,13-14H,4-6H2,1H3. The Morgan fingerprint density at radius 2 is 2.00 bits per heavy atom. The van der Waals surface area contributed by atoms with Crippen LogP contribution in [-0.4, -0.2) is 19.6 Å². The smallest absolute Gasteiger partial charge is 0.244 e. The molecule has 17 heavy (non-hydrogen) atoms. The van der Waals surface area contributed by atoms with Crippen molar-refractivity contribution in [2.45, 2.75) is 37.1 Å². The highest BCUT2D eigenvalue weighted by atomic mass is 32.2. The van der Waals surface area contributed by atoms with Crippen molar-refractivity contribution in [2.75, 3.05) is 0 Å². The van der Waals surface area contributed by atoms with E-state index in [-0.39, 0.29) is 16.7 Å². The van der Waals surface area contributed by atoms with Gasteiger partial charge in [0.15, 0.2) is 0 Å². The SMILES string of the molecule is CC1CCCC1NS(=O)(=O)c1ccccc1O. The van der Waals surface area contributed by atoms with Crippen molar-refractivity contribution in [3.63, 3.8) is 0 Å². The Kier molecular flexibility index (Phi) is 3.40. The van der Waals surface area contributed by atoms with Crippen LogP contribution in [-0.2, 0) is 10.0 Å². The Morgan fingerprint density at radius 1 is 1.29 bits per heavy atom. The van der Waals surface area contributed by atoms with Crippen LogP contribution in [0.2, 0.25) is 0 Å². The van der Waals surface area contributed by atoms with Crippen LogP contribution in [0.1, 0.15) is 26.2 Å².